The second-order valence-electron chi connectivity index (χ2n) is 4.35. The fourth-order valence-corrected chi connectivity index (χ4v) is 0.876. The van der Waals surface area contributed by atoms with Gasteiger partial charge < -0.3 is 10.1 Å². The van der Waals surface area contributed by atoms with Crippen molar-refractivity contribution in [1.82, 2.24) is 5.32 Å². The van der Waals surface area contributed by atoms with Crippen LogP contribution in [0, 0.1) is 5.41 Å². The van der Waals surface area contributed by atoms with E-state index in [2.05, 4.69) is 26.1 Å². The van der Waals surface area contributed by atoms with E-state index < -0.39 is 0 Å². The van der Waals surface area contributed by atoms with E-state index in [1.807, 2.05) is 0 Å². The Morgan fingerprint density at radius 1 is 1.43 bits per heavy atom. The van der Waals surface area contributed by atoms with Crippen molar-refractivity contribution in [3.05, 3.63) is 12.2 Å². The third-order valence-electron chi connectivity index (χ3n) is 1.46. The van der Waals surface area contributed by atoms with Gasteiger partial charge in [0.2, 0.25) is 0 Å². The maximum Gasteiger partial charge on any atom is 0.330 e. The fourth-order valence-electron chi connectivity index (χ4n) is 0.876. The van der Waals surface area contributed by atoms with Gasteiger partial charge in [-0.25, -0.2) is 4.79 Å². The average Bonchev–Trinajstić information content (AvgIpc) is 2.02. The van der Waals surface area contributed by atoms with Crippen LogP contribution in [0.2, 0.25) is 0 Å². The van der Waals surface area contributed by atoms with Gasteiger partial charge in [0.25, 0.3) is 0 Å². The zero-order chi connectivity index (χ0) is 11.0. The first kappa shape index (κ1) is 13.2. The second-order valence-corrected chi connectivity index (χ2v) is 4.35. The van der Waals surface area contributed by atoms with Gasteiger partial charge in [0.15, 0.2) is 0 Å². The lowest BCUT2D eigenvalue weighted by molar-refractivity contribution is -0.137. The van der Waals surface area contributed by atoms with E-state index >= 15 is 0 Å². The molecule has 0 rings (SSSR count). The van der Waals surface area contributed by atoms with Crippen LogP contribution < -0.4 is 5.32 Å². The van der Waals surface area contributed by atoms with Crippen molar-refractivity contribution in [3.63, 3.8) is 0 Å². The molecule has 0 fully saturated rings. The van der Waals surface area contributed by atoms with Gasteiger partial charge in [-0.3, -0.25) is 0 Å². The Bertz CT molecular complexity index is 192. The molecule has 82 valence electrons. The summed E-state index contributed by atoms with van der Waals surface area (Å²) in [7, 11) is 0. The van der Waals surface area contributed by atoms with Gasteiger partial charge in [-0.1, -0.05) is 26.8 Å². The summed E-state index contributed by atoms with van der Waals surface area (Å²) >= 11 is 0. The van der Waals surface area contributed by atoms with Crippen LogP contribution >= 0.6 is 0 Å². The minimum Gasteiger partial charge on any atom is -0.463 e. The van der Waals surface area contributed by atoms with E-state index in [0.29, 0.717) is 13.2 Å². The molecule has 0 aromatic carbocycles. The molecule has 0 aliphatic heterocycles. The van der Waals surface area contributed by atoms with Crippen LogP contribution in [-0.2, 0) is 9.53 Å². The van der Waals surface area contributed by atoms with Crippen LogP contribution in [0.15, 0.2) is 12.2 Å². The summed E-state index contributed by atoms with van der Waals surface area (Å²) in [5.41, 5.74) is 0.276. The van der Waals surface area contributed by atoms with Crippen LogP contribution in [0.1, 0.15) is 27.7 Å². The fraction of sp³-hybridized carbons (Fsp3) is 0.727. The Hall–Kier alpha value is -0.830. The van der Waals surface area contributed by atoms with E-state index in [1.54, 1.807) is 13.0 Å². The quantitative estimate of drug-likeness (QED) is 0.416. The summed E-state index contributed by atoms with van der Waals surface area (Å²) in [5, 5.41) is 3.23. The summed E-state index contributed by atoms with van der Waals surface area (Å²) < 4.78 is 4.74. The molecule has 0 aromatic rings. The van der Waals surface area contributed by atoms with Gasteiger partial charge in [-0.15, -0.1) is 0 Å². The molecule has 0 aromatic heterocycles. The SMILES string of the molecule is CCOC(=O)/C=C/CNCC(C)(C)C. The summed E-state index contributed by atoms with van der Waals surface area (Å²) in [4.78, 5) is 10.9. The third-order valence-corrected chi connectivity index (χ3v) is 1.46. The molecule has 0 atom stereocenters. The third kappa shape index (κ3) is 9.26. The highest BCUT2D eigenvalue weighted by Gasteiger charge is 2.07. The Morgan fingerprint density at radius 2 is 2.07 bits per heavy atom. The smallest absolute Gasteiger partial charge is 0.330 e. The highest BCUT2D eigenvalue weighted by molar-refractivity contribution is 5.81. The normalized spacial score (nSPS) is 12.0. The van der Waals surface area contributed by atoms with Crippen molar-refractivity contribution in [2.24, 2.45) is 5.41 Å². The van der Waals surface area contributed by atoms with Crippen molar-refractivity contribution in [2.45, 2.75) is 27.7 Å². The topological polar surface area (TPSA) is 38.3 Å². The van der Waals surface area contributed by atoms with Crippen LogP contribution in [0.25, 0.3) is 0 Å². The van der Waals surface area contributed by atoms with Crippen molar-refractivity contribution < 1.29 is 9.53 Å². The number of carbonyl (C=O) groups excluding carboxylic acids is 1. The Balaban J connectivity index is 3.49. The van der Waals surface area contributed by atoms with Gasteiger partial charge in [-0.05, 0) is 12.3 Å². The number of rotatable bonds is 5. The monoisotopic (exact) mass is 199 g/mol. The zero-order valence-corrected chi connectivity index (χ0v) is 9.59. The van der Waals surface area contributed by atoms with Crippen molar-refractivity contribution in [2.75, 3.05) is 19.7 Å². The van der Waals surface area contributed by atoms with E-state index in [4.69, 9.17) is 4.74 Å². The Kier molecular flexibility index (Phi) is 6.21. The van der Waals surface area contributed by atoms with E-state index in [0.717, 1.165) is 6.54 Å². The number of carbonyl (C=O) groups is 1. The Morgan fingerprint density at radius 3 is 2.57 bits per heavy atom. The molecule has 0 spiro atoms. The molecule has 0 unspecified atom stereocenters. The Labute approximate surface area is 86.5 Å². The number of hydrogen-bond donors (Lipinski definition) is 1. The van der Waals surface area contributed by atoms with Crippen LogP contribution in [0.4, 0.5) is 0 Å². The second kappa shape index (κ2) is 6.60. The highest BCUT2D eigenvalue weighted by atomic mass is 16.5. The molecule has 0 saturated heterocycles. The van der Waals surface area contributed by atoms with E-state index in [-0.39, 0.29) is 11.4 Å². The average molecular weight is 199 g/mol. The number of nitrogens with one attached hydrogen (secondary N) is 1. The predicted octanol–water partition coefficient (Wildman–Crippen LogP) is 1.74. The van der Waals surface area contributed by atoms with E-state index in [1.165, 1.54) is 6.08 Å². The maximum absolute atomic E-state index is 10.9. The molecule has 3 nitrogen and oxygen atoms in total. The summed E-state index contributed by atoms with van der Waals surface area (Å²) in [6, 6.07) is 0. The number of hydrogen-bond acceptors (Lipinski definition) is 3. The van der Waals surface area contributed by atoms with Gasteiger partial charge in [0.1, 0.15) is 0 Å². The summed E-state index contributed by atoms with van der Waals surface area (Å²) in [5.74, 6) is -0.273. The first-order valence-corrected chi connectivity index (χ1v) is 4.99. The van der Waals surface area contributed by atoms with Crippen LogP contribution in [0.3, 0.4) is 0 Å². The van der Waals surface area contributed by atoms with Gasteiger partial charge in [-0.2, -0.15) is 0 Å². The molecule has 0 saturated carbocycles. The molecule has 0 heterocycles. The lowest BCUT2D eigenvalue weighted by Crippen LogP contribution is -2.26. The highest BCUT2D eigenvalue weighted by Crippen LogP contribution is 2.09. The first-order valence-electron chi connectivity index (χ1n) is 4.99. The number of esters is 1. The largest absolute Gasteiger partial charge is 0.463 e. The maximum atomic E-state index is 10.9. The standard InChI is InChI=1S/C11H21NO2/c1-5-14-10(13)7-6-8-12-9-11(2,3)4/h6-7,12H,5,8-9H2,1-4H3/b7-6+. The van der Waals surface area contributed by atoms with Crippen molar-refractivity contribution >= 4 is 5.97 Å². The molecule has 0 aliphatic rings. The molecular formula is C11H21NO2. The van der Waals surface area contributed by atoms with Gasteiger partial charge in [0.05, 0.1) is 6.61 Å². The van der Waals surface area contributed by atoms with Gasteiger partial charge >= 0.3 is 5.97 Å². The van der Waals surface area contributed by atoms with E-state index in [9.17, 15) is 4.79 Å². The molecule has 0 amide bonds. The number of ether oxygens (including phenoxy) is 1. The lowest BCUT2D eigenvalue weighted by atomic mass is 9.97. The summed E-state index contributed by atoms with van der Waals surface area (Å²) in [6.07, 6.45) is 3.24. The van der Waals surface area contributed by atoms with Crippen LogP contribution in [-0.4, -0.2) is 25.7 Å². The molecule has 0 radical (unpaired) electrons. The first-order chi connectivity index (χ1) is 6.45. The van der Waals surface area contributed by atoms with Gasteiger partial charge in [0, 0.05) is 19.2 Å². The molecule has 14 heavy (non-hydrogen) atoms. The molecule has 0 bridgehead atoms. The summed E-state index contributed by atoms with van der Waals surface area (Å²) in [6.45, 7) is 10.3. The molecule has 0 aliphatic carbocycles. The van der Waals surface area contributed by atoms with Crippen molar-refractivity contribution in [1.29, 1.82) is 0 Å². The molecule has 1 N–H and O–H groups in total. The van der Waals surface area contributed by atoms with Crippen molar-refractivity contribution in [3.8, 4) is 0 Å². The minimum absolute atomic E-state index is 0.273. The minimum atomic E-state index is -0.273. The zero-order valence-electron chi connectivity index (χ0n) is 9.59. The lowest BCUT2D eigenvalue weighted by Gasteiger charge is -2.17. The molecular weight excluding hydrogens is 178 g/mol. The molecule has 3 heteroatoms. The predicted molar refractivity (Wildman–Crippen MR) is 58.1 cm³/mol. The van der Waals surface area contributed by atoms with Crippen LogP contribution in [0.5, 0.6) is 0 Å².